The van der Waals surface area contributed by atoms with Crippen LogP contribution in [0.3, 0.4) is 0 Å². The van der Waals surface area contributed by atoms with Crippen molar-refractivity contribution in [1.82, 2.24) is 9.78 Å². The van der Waals surface area contributed by atoms with Gasteiger partial charge in [0.05, 0.1) is 5.69 Å². The Labute approximate surface area is 119 Å². The normalized spacial score (nSPS) is 12.1. The van der Waals surface area contributed by atoms with Gasteiger partial charge in [-0.3, -0.25) is 4.68 Å². The van der Waals surface area contributed by atoms with Crippen LogP contribution in [0.15, 0.2) is 6.07 Å². The lowest BCUT2D eigenvalue weighted by atomic mass is 9.77. The summed E-state index contributed by atoms with van der Waals surface area (Å²) >= 11 is 0. The standard InChI is InChI=1S/C17H32N2/c1-6-8-10-12-17(4,13-11-9-7-2)16-14-15(3)18-19(16)5/h14H,6-13H2,1-5H3. The van der Waals surface area contributed by atoms with Gasteiger partial charge in [-0.15, -0.1) is 0 Å². The third-order valence-electron chi connectivity index (χ3n) is 4.28. The van der Waals surface area contributed by atoms with Gasteiger partial charge in [-0.1, -0.05) is 59.3 Å². The van der Waals surface area contributed by atoms with Crippen molar-refractivity contribution in [2.24, 2.45) is 7.05 Å². The highest BCUT2D eigenvalue weighted by molar-refractivity contribution is 5.19. The van der Waals surface area contributed by atoms with Crippen LogP contribution in [0.2, 0.25) is 0 Å². The van der Waals surface area contributed by atoms with Gasteiger partial charge in [0.25, 0.3) is 0 Å². The van der Waals surface area contributed by atoms with Gasteiger partial charge in [0.2, 0.25) is 0 Å². The molecule has 0 atom stereocenters. The smallest absolute Gasteiger partial charge is 0.0596 e. The Bertz CT molecular complexity index is 355. The number of hydrogen-bond acceptors (Lipinski definition) is 1. The van der Waals surface area contributed by atoms with Gasteiger partial charge in [0.15, 0.2) is 0 Å². The summed E-state index contributed by atoms with van der Waals surface area (Å²) in [5.41, 5.74) is 2.88. The minimum atomic E-state index is 0.306. The van der Waals surface area contributed by atoms with E-state index in [1.165, 1.54) is 57.1 Å². The van der Waals surface area contributed by atoms with E-state index in [2.05, 4.69) is 50.6 Å². The average molecular weight is 264 g/mol. The molecule has 0 aliphatic carbocycles. The van der Waals surface area contributed by atoms with Gasteiger partial charge in [0.1, 0.15) is 0 Å². The molecule has 0 aliphatic heterocycles. The first-order valence-corrected chi connectivity index (χ1v) is 8.04. The summed E-state index contributed by atoms with van der Waals surface area (Å²) in [4.78, 5) is 0. The number of unbranched alkanes of at least 4 members (excludes halogenated alkanes) is 4. The molecule has 0 bridgehead atoms. The van der Waals surface area contributed by atoms with E-state index in [4.69, 9.17) is 0 Å². The number of rotatable bonds is 9. The van der Waals surface area contributed by atoms with Crippen molar-refractivity contribution in [2.45, 2.75) is 84.5 Å². The Balaban J connectivity index is 2.80. The van der Waals surface area contributed by atoms with Crippen molar-refractivity contribution < 1.29 is 0 Å². The Morgan fingerprint density at radius 3 is 1.95 bits per heavy atom. The minimum Gasteiger partial charge on any atom is -0.272 e. The highest BCUT2D eigenvalue weighted by Gasteiger charge is 2.28. The van der Waals surface area contributed by atoms with E-state index < -0.39 is 0 Å². The molecule has 0 saturated heterocycles. The van der Waals surface area contributed by atoms with Crippen LogP contribution in [0.25, 0.3) is 0 Å². The van der Waals surface area contributed by atoms with Gasteiger partial charge in [0, 0.05) is 18.2 Å². The van der Waals surface area contributed by atoms with Crippen LogP contribution in [0.1, 0.15) is 83.5 Å². The summed E-state index contributed by atoms with van der Waals surface area (Å²) in [5, 5.41) is 4.55. The Hall–Kier alpha value is -0.790. The fourth-order valence-electron chi connectivity index (χ4n) is 3.09. The molecule has 0 fully saturated rings. The molecule has 1 heterocycles. The van der Waals surface area contributed by atoms with E-state index in [-0.39, 0.29) is 0 Å². The highest BCUT2D eigenvalue weighted by atomic mass is 15.3. The zero-order chi connectivity index (χ0) is 14.3. The summed E-state index contributed by atoms with van der Waals surface area (Å²) in [6.07, 6.45) is 10.6. The third-order valence-corrected chi connectivity index (χ3v) is 4.28. The maximum atomic E-state index is 4.55. The summed E-state index contributed by atoms with van der Waals surface area (Å²) in [7, 11) is 2.10. The van der Waals surface area contributed by atoms with Crippen molar-refractivity contribution in [3.63, 3.8) is 0 Å². The quantitative estimate of drug-likeness (QED) is 0.564. The van der Waals surface area contributed by atoms with E-state index in [9.17, 15) is 0 Å². The lowest BCUT2D eigenvalue weighted by Crippen LogP contribution is -2.25. The second-order valence-corrected chi connectivity index (χ2v) is 6.27. The summed E-state index contributed by atoms with van der Waals surface area (Å²) < 4.78 is 2.10. The minimum absolute atomic E-state index is 0.306. The number of aryl methyl sites for hydroxylation is 2. The predicted molar refractivity (Wildman–Crippen MR) is 83.6 cm³/mol. The van der Waals surface area contributed by atoms with Gasteiger partial charge >= 0.3 is 0 Å². The second kappa shape index (κ2) is 7.72. The van der Waals surface area contributed by atoms with Crippen LogP contribution < -0.4 is 0 Å². The van der Waals surface area contributed by atoms with Crippen LogP contribution in [-0.2, 0) is 12.5 Å². The molecule has 0 amide bonds. The molecule has 110 valence electrons. The number of aromatic nitrogens is 2. The molecule has 1 rings (SSSR count). The fourth-order valence-corrected chi connectivity index (χ4v) is 3.09. The van der Waals surface area contributed by atoms with Crippen LogP contribution in [0.5, 0.6) is 0 Å². The highest BCUT2D eigenvalue weighted by Crippen LogP contribution is 2.35. The van der Waals surface area contributed by atoms with E-state index in [0.29, 0.717) is 5.41 Å². The molecule has 0 aromatic carbocycles. The molecule has 0 saturated carbocycles. The van der Waals surface area contributed by atoms with Crippen molar-refractivity contribution in [3.8, 4) is 0 Å². The predicted octanol–water partition coefficient (Wildman–Crippen LogP) is 5.15. The Morgan fingerprint density at radius 2 is 1.58 bits per heavy atom. The van der Waals surface area contributed by atoms with Crippen molar-refractivity contribution in [3.05, 3.63) is 17.5 Å². The monoisotopic (exact) mass is 264 g/mol. The molecule has 0 unspecified atom stereocenters. The first-order chi connectivity index (χ1) is 9.03. The fraction of sp³-hybridized carbons (Fsp3) is 0.824. The van der Waals surface area contributed by atoms with Crippen LogP contribution in [-0.4, -0.2) is 9.78 Å². The molecule has 19 heavy (non-hydrogen) atoms. The lowest BCUT2D eigenvalue weighted by molar-refractivity contribution is 0.345. The lowest BCUT2D eigenvalue weighted by Gasteiger charge is -2.30. The van der Waals surface area contributed by atoms with Gasteiger partial charge in [-0.05, 0) is 25.8 Å². The maximum Gasteiger partial charge on any atom is 0.0596 e. The molecule has 0 aliphatic rings. The molecule has 1 aromatic heterocycles. The number of nitrogens with zero attached hydrogens (tertiary/aromatic N) is 2. The first kappa shape index (κ1) is 16.3. The molecule has 0 radical (unpaired) electrons. The number of hydrogen-bond donors (Lipinski definition) is 0. The molecule has 0 spiro atoms. The molecule has 0 N–H and O–H groups in total. The third kappa shape index (κ3) is 4.67. The summed E-state index contributed by atoms with van der Waals surface area (Å²) in [6.45, 7) is 9.10. The maximum absolute atomic E-state index is 4.55. The summed E-state index contributed by atoms with van der Waals surface area (Å²) in [6, 6.07) is 2.29. The largest absolute Gasteiger partial charge is 0.272 e. The van der Waals surface area contributed by atoms with Gasteiger partial charge in [-0.25, -0.2) is 0 Å². The molecular weight excluding hydrogens is 232 g/mol. The van der Waals surface area contributed by atoms with Crippen molar-refractivity contribution >= 4 is 0 Å². The second-order valence-electron chi connectivity index (χ2n) is 6.27. The summed E-state index contributed by atoms with van der Waals surface area (Å²) in [5.74, 6) is 0. The molecule has 1 aromatic rings. The average Bonchev–Trinajstić information content (AvgIpc) is 2.70. The Kier molecular flexibility index (Phi) is 6.60. The van der Waals surface area contributed by atoms with E-state index in [1.54, 1.807) is 0 Å². The molecular formula is C17H32N2. The van der Waals surface area contributed by atoms with Gasteiger partial charge in [-0.2, -0.15) is 5.10 Å². The van der Waals surface area contributed by atoms with Crippen LogP contribution >= 0.6 is 0 Å². The molecule has 2 heteroatoms. The van der Waals surface area contributed by atoms with E-state index >= 15 is 0 Å². The Morgan fingerprint density at radius 1 is 1.05 bits per heavy atom. The van der Waals surface area contributed by atoms with Crippen molar-refractivity contribution in [2.75, 3.05) is 0 Å². The van der Waals surface area contributed by atoms with E-state index in [0.717, 1.165) is 5.69 Å². The first-order valence-electron chi connectivity index (χ1n) is 8.04. The topological polar surface area (TPSA) is 17.8 Å². The van der Waals surface area contributed by atoms with Crippen molar-refractivity contribution in [1.29, 1.82) is 0 Å². The van der Waals surface area contributed by atoms with E-state index in [1.807, 2.05) is 0 Å². The van der Waals surface area contributed by atoms with Gasteiger partial charge < -0.3 is 0 Å². The van der Waals surface area contributed by atoms with Crippen LogP contribution in [0.4, 0.5) is 0 Å². The SMILES string of the molecule is CCCCCC(C)(CCCCC)c1cc(C)nn1C. The zero-order valence-electron chi connectivity index (χ0n) is 13.6. The molecule has 2 nitrogen and oxygen atoms in total. The van der Waals surface area contributed by atoms with Crippen LogP contribution in [0, 0.1) is 6.92 Å². The zero-order valence-corrected chi connectivity index (χ0v) is 13.6.